The standard InChI is InChI=1S/C24H21FN2O/c1-28-23-9-3-2-8-20(23)21-15-17(10-11-22(21)25)14-18-6-5-13-27-24(18)19-7-4-12-26-16-19/h2-4,7-12,14-16H,5-6,13H2,1H3. The average molecular weight is 372 g/mol. The average Bonchev–Trinajstić information content (AvgIpc) is 2.76. The van der Waals surface area contributed by atoms with E-state index in [1.807, 2.05) is 48.7 Å². The number of benzene rings is 2. The van der Waals surface area contributed by atoms with Gasteiger partial charge < -0.3 is 4.74 Å². The third kappa shape index (κ3) is 3.72. The summed E-state index contributed by atoms with van der Waals surface area (Å²) < 4.78 is 20.0. The second kappa shape index (κ2) is 8.17. The first-order chi connectivity index (χ1) is 13.8. The molecule has 0 aliphatic carbocycles. The van der Waals surface area contributed by atoms with Crippen molar-refractivity contribution in [1.29, 1.82) is 0 Å². The minimum atomic E-state index is -0.267. The largest absolute Gasteiger partial charge is 0.496 e. The maximum Gasteiger partial charge on any atom is 0.131 e. The number of allylic oxidation sites excluding steroid dienone is 1. The molecule has 4 rings (SSSR count). The van der Waals surface area contributed by atoms with Gasteiger partial charge in [-0.15, -0.1) is 0 Å². The summed E-state index contributed by atoms with van der Waals surface area (Å²) in [6.07, 6.45) is 7.65. The molecule has 4 heteroatoms. The van der Waals surface area contributed by atoms with Crippen molar-refractivity contribution in [2.75, 3.05) is 13.7 Å². The molecule has 0 unspecified atom stereocenters. The van der Waals surface area contributed by atoms with Crippen LogP contribution >= 0.6 is 0 Å². The van der Waals surface area contributed by atoms with Crippen LogP contribution in [-0.2, 0) is 0 Å². The molecule has 0 amide bonds. The lowest BCUT2D eigenvalue weighted by Crippen LogP contribution is -2.11. The second-order valence-electron chi connectivity index (χ2n) is 6.68. The van der Waals surface area contributed by atoms with Crippen molar-refractivity contribution in [3.05, 3.63) is 89.5 Å². The van der Waals surface area contributed by atoms with Crippen LogP contribution in [0.4, 0.5) is 4.39 Å². The lowest BCUT2D eigenvalue weighted by atomic mass is 9.94. The van der Waals surface area contributed by atoms with Gasteiger partial charge in [-0.05, 0) is 60.4 Å². The molecule has 0 saturated heterocycles. The molecule has 0 bridgehead atoms. The number of hydrogen-bond donors (Lipinski definition) is 0. The summed E-state index contributed by atoms with van der Waals surface area (Å²) in [5, 5.41) is 0. The van der Waals surface area contributed by atoms with Gasteiger partial charge in [-0.1, -0.05) is 24.3 Å². The van der Waals surface area contributed by atoms with Gasteiger partial charge in [0.05, 0.1) is 12.8 Å². The molecule has 0 spiro atoms. The fourth-order valence-electron chi connectivity index (χ4n) is 3.51. The number of halogens is 1. The highest BCUT2D eigenvalue weighted by Gasteiger charge is 2.15. The van der Waals surface area contributed by atoms with Crippen molar-refractivity contribution in [1.82, 2.24) is 4.98 Å². The Kier molecular flexibility index (Phi) is 5.29. The SMILES string of the molecule is COc1ccccc1-c1cc(C=C2CCCN=C2c2cccnc2)ccc1F. The molecule has 0 radical (unpaired) electrons. The molecule has 2 aromatic carbocycles. The fraction of sp³-hybridized carbons (Fsp3) is 0.167. The quantitative estimate of drug-likeness (QED) is 0.601. The number of aromatic nitrogens is 1. The minimum absolute atomic E-state index is 0.267. The van der Waals surface area contributed by atoms with Crippen molar-refractivity contribution in [3.63, 3.8) is 0 Å². The van der Waals surface area contributed by atoms with E-state index in [-0.39, 0.29) is 5.82 Å². The number of rotatable bonds is 4. The molecule has 0 saturated carbocycles. The Morgan fingerprint density at radius 3 is 2.75 bits per heavy atom. The molecule has 2 heterocycles. The maximum absolute atomic E-state index is 14.6. The van der Waals surface area contributed by atoms with Gasteiger partial charge in [-0.3, -0.25) is 9.98 Å². The van der Waals surface area contributed by atoms with Gasteiger partial charge in [0.15, 0.2) is 0 Å². The highest BCUT2D eigenvalue weighted by atomic mass is 19.1. The molecular weight excluding hydrogens is 351 g/mol. The summed E-state index contributed by atoms with van der Waals surface area (Å²) in [5.74, 6) is 0.387. The molecule has 0 fully saturated rings. The summed E-state index contributed by atoms with van der Waals surface area (Å²) in [7, 11) is 1.60. The zero-order valence-electron chi connectivity index (χ0n) is 15.7. The highest BCUT2D eigenvalue weighted by Crippen LogP contribution is 2.33. The van der Waals surface area contributed by atoms with Crippen molar-refractivity contribution < 1.29 is 9.13 Å². The molecule has 0 atom stereocenters. The number of aliphatic imine (C=N–C) groups is 1. The lowest BCUT2D eigenvalue weighted by Gasteiger charge is -2.16. The number of pyridine rings is 1. The maximum atomic E-state index is 14.6. The smallest absolute Gasteiger partial charge is 0.131 e. The second-order valence-corrected chi connectivity index (χ2v) is 6.68. The Morgan fingerprint density at radius 1 is 1.04 bits per heavy atom. The van der Waals surface area contributed by atoms with Crippen molar-refractivity contribution >= 4 is 11.8 Å². The Morgan fingerprint density at radius 2 is 1.93 bits per heavy atom. The third-order valence-corrected chi connectivity index (χ3v) is 4.84. The van der Waals surface area contributed by atoms with Crippen LogP contribution in [0.1, 0.15) is 24.0 Å². The van der Waals surface area contributed by atoms with E-state index >= 15 is 0 Å². The van der Waals surface area contributed by atoms with Gasteiger partial charge >= 0.3 is 0 Å². The van der Waals surface area contributed by atoms with E-state index in [4.69, 9.17) is 9.73 Å². The van der Waals surface area contributed by atoms with Crippen LogP contribution in [0, 0.1) is 5.82 Å². The first kappa shape index (κ1) is 18.1. The zero-order chi connectivity index (χ0) is 19.3. The summed E-state index contributed by atoms with van der Waals surface area (Å²) in [5.41, 5.74) is 5.35. The molecule has 1 aromatic heterocycles. The van der Waals surface area contributed by atoms with E-state index < -0.39 is 0 Å². The molecule has 140 valence electrons. The summed E-state index contributed by atoms with van der Waals surface area (Å²) in [6.45, 7) is 0.817. The van der Waals surface area contributed by atoms with E-state index in [1.54, 1.807) is 19.4 Å². The number of methoxy groups -OCH3 is 1. The molecule has 1 aliphatic heterocycles. The molecular formula is C24H21FN2O. The van der Waals surface area contributed by atoms with E-state index in [2.05, 4.69) is 11.1 Å². The number of hydrogen-bond acceptors (Lipinski definition) is 3. The number of para-hydroxylation sites is 1. The van der Waals surface area contributed by atoms with Crippen LogP contribution in [0.5, 0.6) is 5.75 Å². The lowest BCUT2D eigenvalue weighted by molar-refractivity contribution is 0.416. The Balaban J connectivity index is 1.76. The number of ether oxygens (including phenoxy) is 1. The van der Waals surface area contributed by atoms with Crippen LogP contribution in [0.3, 0.4) is 0 Å². The Labute approximate surface area is 164 Å². The Bertz CT molecular complexity index is 1040. The van der Waals surface area contributed by atoms with Crippen molar-refractivity contribution in [2.24, 2.45) is 4.99 Å². The van der Waals surface area contributed by atoms with E-state index in [0.717, 1.165) is 47.4 Å². The van der Waals surface area contributed by atoms with Gasteiger partial charge in [-0.25, -0.2) is 4.39 Å². The predicted octanol–water partition coefficient (Wildman–Crippen LogP) is 5.56. The third-order valence-electron chi connectivity index (χ3n) is 4.84. The van der Waals surface area contributed by atoms with E-state index in [1.165, 1.54) is 6.07 Å². The Hall–Kier alpha value is -3.27. The van der Waals surface area contributed by atoms with Crippen LogP contribution in [0.25, 0.3) is 17.2 Å². The van der Waals surface area contributed by atoms with Gasteiger partial charge in [-0.2, -0.15) is 0 Å². The van der Waals surface area contributed by atoms with Gasteiger partial charge in [0.25, 0.3) is 0 Å². The first-order valence-electron chi connectivity index (χ1n) is 9.35. The predicted molar refractivity (Wildman–Crippen MR) is 111 cm³/mol. The van der Waals surface area contributed by atoms with Gasteiger partial charge in [0, 0.05) is 35.6 Å². The summed E-state index contributed by atoms with van der Waals surface area (Å²) >= 11 is 0. The zero-order valence-corrected chi connectivity index (χ0v) is 15.7. The highest BCUT2D eigenvalue weighted by molar-refractivity contribution is 6.15. The minimum Gasteiger partial charge on any atom is -0.496 e. The van der Waals surface area contributed by atoms with Crippen LogP contribution < -0.4 is 4.74 Å². The molecule has 3 nitrogen and oxygen atoms in total. The van der Waals surface area contributed by atoms with E-state index in [0.29, 0.717) is 11.3 Å². The fourth-order valence-corrected chi connectivity index (χ4v) is 3.51. The van der Waals surface area contributed by atoms with E-state index in [9.17, 15) is 4.39 Å². The summed E-state index contributed by atoms with van der Waals surface area (Å²) in [6, 6.07) is 16.6. The molecule has 28 heavy (non-hydrogen) atoms. The topological polar surface area (TPSA) is 34.5 Å². The molecule has 1 aliphatic rings. The molecule has 3 aromatic rings. The molecule has 0 N–H and O–H groups in total. The number of nitrogens with zero attached hydrogens (tertiary/aromatic N) is 2. The van der Waals surface area contributed by atoms with Crippen molar-refractivity contribution in [3.8, 4) is 16.9 Å². The normalized spacial score (nSPS) is 15.4. The van der Waals surface area contributed by atoms with Gasteiger partial charge in [0.2, 0.25) is 0 Å². The summed E-state index contributed by atoms with van der Waals surface area (Å²) in [4.78, 5) is 8.93. The van der Waals surface area contributed by atoms with Crippen molar-refractivity contribution in [2.45, 2.75) is 12.8 Å². The van der Waals surface area contributed by atoms with Crippen LogP contribution in [0.15, 0.2) is 77.6 Å². The van der Waals surface area contributed by atoms with Crippen LogP contribution in [0.2, 0.25) is 0 Å². The first-order valence-corrected chi connectivity index (χ1v) is 9.35. The van der Waals surface area contributed by atoms with Crippen LogP contribution in [-0.4, -0.2) is 24.4 Å². The van der Waals surface area contributed by atoms with Gasteiger partial charge in [0.1, 0.15) is 11.6 Å². The monoisotopic (exact) mass is 372 g/mol.